The van der Waals surface area contributed by atoms with E-state index < -0.39 is 18.7 Å². The average Bonchev–Trinajstić information content (AvgIpc) is 3.54. The number of piperazine rings is 1. The molecule has 2 aliphatic heterocycles. The molecule has 0 N–H and O–H groups in total. The van der Waals surface area contributed by atoms with Gasteiger partial charge in [0.15, 0.2) is 6.23 Å². The second-order valence-corrected chi connectivity index (χ2v) is 10.8. The van der Waals surface area contributed by atoms with Crippen molar-refractivity contribution in [2.24, 2.45) is 0 Å². The van der Waals surface area contributed by atoms with Crippen molar-refractivity contribution in [1.82, 2.24) is 24.0 Å². The van der Waals surface area contributed by atoms with Gasteiger partial charge in [0.25, 0.3) is 0 Å². The second kappa shape index (κ2) is 11.3. The van der Waals surface area contributed by atoms with Crippen LogP contribution >= 0.6 is 0 Å². The van der Waals surface area contributed by atoms with Crippen LogP contribution in [0.3, 0.4) is 0 Å². The number of hydrogen-bond acceptors (Lipinski definition) is 6. The number of fused-ring (bicyclic) bond motifs is 1. The Hall–Kier alpha value is -3.31. The van der Waals surface area contributed by atoms with Gasteiger partial charge < -0.3 is 18.8 Å². The summed E-state index contributed by atoms with van der Waals surface area (Å²) in [6.45, 7) is 10.9. The molecule has 0 aliphatic carbocycles. The van der Waals surface area contributed by atoms with Gasteiger partial charge in [-0.2, -0.15) is 18.3 Å². The fourth-order valence-electron chi connectivity index (χ4n) is 5.65. The minimum Gasteiger partial charge on any atom is -0.459 e. The molecule has 0 amide bonds. The van der Waals surface area contributed by atoms with Gasteiger partial charge in [0, 0.05) is 50.7 Å². The highest BCUT2D eigenvalue weighted by Gasteiger charge is 2.33. The molecule has 216 valence electrons. The van der Waals surface area contributed by atoms with Gasteiger partial charge in [0.1, 0.15) is 0 Å². The van der Waals surface area contributed by atoms with Crippen LogP contribution in [0.1, 0.15) is 61.0 Å². The molecule has 1 unspecified atom stereocenters. The molecule has 40 heavy (non-hydrogen) atoms. The fraction of sp³-hybridized carbons (Fsp3) is 0.517. The Morgan fingerprint density at radius 1 is 1.20 bits per heavy atom. The first-order valence-corrected chi connectivity index (χ1v) is 13.8. The zero-order valence-corrected chi connectivity index (χ0v) is 23.2. The molecule has 0 radical (unpaired) electrons. The van der Waals surface area contributed by atoms with E-state index in [1.165, 1.54) is 4.90 Å². The Morgan fingerprint density at radius 2 is 1.95 bits per heavy atom. The summed E-state index contributed by atoms with van der Waals surface area (Å²) in [6.07, 6.45) is 1.95. The highest BCUT2D eigenvalue weighted by atomic mass is 19.4. The molecule has 0 saturated carbocycles. The Balaban J connectivity index is 1.55. The topological polar surface area (TPSA) is 64.2 Å². The number of esters is 1. The first kappa shape index (κ1) is 28.2. The number of ether oxygens (including phenoxy) is 2. The van der Waals surface area contributed by atoms with Crippen molar-refractivity contribution >= 4 is 17.2 Å². The van der Waals surface area contributed by atoms with E-state index in [4.69, 9.17) is 9.47 Å². The minimum absolute atomic E-state index is 0.160. The average molecular weight is 560 g/mol. The predicted octanol–water partition coefficient (Wildman–Crippen LogP) is 5.53. The third-order valence-electron chi connectivity index (χ3n) is 7.57. The number of rotatable bonds is 7. The summed E-state index contributed by atoms with van der Waals surface area (Å²) >= 11 is 0. The van der Waals surface area contributed by atoms with Crippen LogP contribution < -0.4 is 0 Å². The summed E-state index contributed by atoms with van der Waals surface area (Å²) in [5.41, 5.74) is 5.04. The first-order valence-electron chi connectivity index (χ1n) is 13.8. The maximum atomic E-state index is 13.3. The van der Waals surface area contributed by atoms with Gasteiger partial charge in [-0.1, -0.05) is 6.58 Å². The van der Waals surface area contributed by atoms with E-state index >= 15 is 0 Å². The van der Waals surface area contributed by atoms with Gasteiger partial charge in [0.2, 0.25) is 0 Å². The lowest BCUT2D eigenvalue weighted by atomic mass is 10.0. The van der Waals surface area contributed by atoms with Crippen molar-refractivity contribution in [2.45, 2.75) is 58.5 Å². The van der Waals surface area contributed by atoms with Crippen molar-refractivity contribution in [3.63, 3.8) is 0 Å². The minimum atomic E-state index is -4.23. The van der Waals surface area contributed by atoms with Crippen molar-refractivity contribution in [3.8, 4) is 11.3 Å². The number of pyridine rings is 1. The smallest absolute Gasteiger partial charge is 0.401 e. The number of halogens is 3. The van der Waals surface area contributed by atoms with Gasteiger partial charge in [-0.3, -0.25) is 4.90 Å². The van der Waals surface area contributed by atoms with Gasteiger partial charge in [-0.05, 0) is 63.8 Å². The monoisotopic (exact) mass is 559 g/mol. The standard InChI is InChI=1S/C29H36F3N5O3/c1-19(2)40-28(38)23-17-25-22(24-8-10-33-37(24)26-7-5-6-16-39-26)9-11-36(25)27(20(23)3)21(4)35-14-12-34(13-15-35)18-29(30,31)32/h8-11,17,19,26H,4-7,12-16,18H2,1-3H3. The van der Waals surface area contributed by atoms with E-state index in [1.807, 2.05) is 45.3 Å². The lowest BCUT2D eigenvalue weighted by Crippen LogP contribution is -2.48. The quantitative estimate of drug-likeness (QED) is 0.355. The van der Waals surface area contributed by atoms with E-state index in [9.17, 15) is 18.0 Å². The number of alkyl halides is 3. The molecule has 5 rings (SSSR count). The number of hydrogen-bond donors (Lipinski definition) is 0. The molecule has 0 bridgehead atoms. The fourth-order valence-corrected chi connectivity index (χ4v) is 5.65. The lowest BCUT2D eigenvalue weighted by Gasteiger charge is -2.37. The number of nitrogens with zero attached hydrogens (tertiary/aromatic N) is 5. The van der Waals surface area contributed by atoms with E-state index in [0.29, 0.717) is 36.5 Å². The van der Waals surface area contributed by atoms with Crippen molar-refractivity contribution < 1.29 is 27.4 Å². The van der Waals surface area contributed by atoms with Crippen LogP contribution in [-0.4, -0.2) is 81.6 Å². The molecule has 11 heteroatoms. The van der Waals surface area contributed by atoms with E-state index in [1.54, 1.807) is 20.0 Å². The van der Waals surface area contributed by atoms with Crippen LogP contribution in [0.4, 0.5) is 13.2 Å². The molecule has 2 fully saturated rings. The molecule has 0 aromatic carbocycles. The Bertz CT molecular complexity index is 1380. The van der Waals surface area contributed by atoms with Crippen LogP contribution in [0.15, 0.2) is 37.2 Å². The molecule has 0 spiro atoms. The Labute approximate surface area is 231 Å². The lowest BCUT2D eigenvalue weighted by molar-refractivity contribution is -0.148. The van der Waals surface area contributed by atoms with Gasteiger partial charge in [0.05, 0.1) is 40.8 Å². The molecule has 3 aromatic rings. The summed E-state index contributed by atoms with van der Waals surface area (Å²) in [7, 11) is 0. The van der Waals surface area contributed by atoms with Crippen LogP contribution in [0, 0.1) is 6.92 Å². The zero-order chi connectivity index (χ0) is 28.6. The van der Waals surface area contributed by atoms with Crippen LogP contribution in [0.5, 0.6) is 0 Å². The second-order valence-electron chi connectivity index (χ2n) is 10.8. The molecule has 1 atom stereocenters. The normalized spacial score (nSPS) is 19.0. The molecule has 5 heterocycles. The third kappa shape index (κ3) is 5.76. The van der Waals surface area contributed by atoms with Crippen LogP contribution in [0.2, 0.25) is 0 Å². The van der Waals surface area contributed by atoms with Crippen molar-refractivity contribution in [1.29, 1.82) is 0 Å². The zero-order valence-electron chi connectivity index (χ0n) is 23.2. The molecule has 2 aliphatic rings. The summed E-state index contributed by atoms with van der Waals surface area (Å²) in [5.74, 6) is -0.435. The van der Waals surface area contributed by atoms with Gasteiger partial charge in [-0.15, -0.1) is 0 Å². The Morgan fingerprint density at radius 3 is 2.60 bits per heavy atom. The van der Waals surface area contributed by atoms with E-state index in [0.717, 1.165) is 41.7 Å². The molecular formula is C29H36F3N5O3. The highest BCUT2D eigenvalue weighted by molar-refractivity contribution is 5.96. The first-order chi connectivity index (χ1) is 19.0. The maximum absolute atomic E-state index is 13.3. The van der Waals surface area contributed by atoms with E-state index in [2.05, 4.69) is 11.7 Å². The van der Waals surface area contributed by atoms with Crippen LogP contribution in [0.25, 0.3) is 22.5 Å². The largest absolute Gasteiger partial charge is 0.459 e. The summed E-state index contributed by atoms with van der Waals surface area (Å²) in [5, 5.41) is 4.56. The third-order valence-corrected chi connectivity index (χ3v) is 7.57. The summed E-state index contributed by atoms with van der Waals surface area (Å²) < 4.78 is 54.3. The van der Waals surface area contributed by atoms with Crippen molar-refractivity contribution in [2.75, 3.05) is 39.3 Å². The summed E-state index contributed by atoms with van der Waals surface area (Å²) in [4.78, 5) is 16.7. The molecule has 8 nitrogen and oxygen atoms in total. The van der Waals surface area contributed by atoms with Gasteiger partial charge in [-0.25, -0.2) is 9.48 Å². The number of carbonyl (C=O) groups excluding carboxylic acids is 1. The molecular weight excluding hydrogens is 523 g/mol. The van der Waals surface area contributed by atoms with Crippen molar-refractivity contribution in [3.05, 3.63) is 54.0 Å². The highest BCUT2D eigenvalue weighted by Crippen LogP contribution is 2.35. The molecule has 2 saturated heterocycles. The maximum Gasteiger partial charge on any atom is 0.401 e. The predicted molar refractivity (Wildman–Crippen MR) is 146 cm³/mol. The van der Waals surface area contributed by atoms with Gasteiger partial charge >= 0.3 is 12.1 Å². The van der Waals surface area contributed by atoms with Crippen LogP contribution in [-0.2, 0) is 9.47 Å². The number of aromatic nitrogens is 3. The SMILES string of the molecule is C=C(c1c(C)c(C(=O)OC(C)C)cc2c(-c3ccnn3C3CCCCO3)ccn12)N1CCN(CC(F)(F)F)CC1. The number of carbonyl (C=O) groups is 1. The Kier molecular flexibility index (Phi) is 7.96. The molecule has 3 aromatic heterocycles. The van der Waals surface area contributed by atoms with E-state index in [-0.39, 0.29) is 25.4 Å². The summed E-state index contributed by atoms with van der Waals surface area (Å²) in [6, 6.07) is 5.76.